The van der Waals surface area contributed by atoms with Crippen LogP contribution in [0.25, 0.3) is 0 Å². The van der Waals surface area contributed by atoms with Crippen LogP contribution in [0.3, 0.4) is 0 Å². The number of nitrogens with zero attached hydrogens (tertiary/aromatic N) is 1. The van der Waals surface area contributed by atoms with Crippen LogP contribution >= 0.6 is 12.2 Å². The van der Waals surface area contributed by atoms with Crippen molar-refractivity contribution in [1.29, 1.82) is 0 Å². The third-order valence-corrected chi connectivity index (χ3v) is 2.17. The van der Waals surface area contributed by atoms with Gasteiger partial charge in [0.05, 0.1) is 18.1 Å². The molecular formula is C9H17F3N2OS. The summed E-state index contributed by atoms with van der Waals surface area (Å²) in [6.07, 6.45) is -2.41. The Morgan fingerprint density at radius 3 is 2.31 bits per heavy atom. The monoisotopic (exact) mass is 258 g/mol. The molecule has 0 aromatic carbocycles. The van der Waals surface area contributed by atoms with E-state index in [9.17, 15) is 13.2 Å². The van der Waals surface area contributed by atoms with Crippen LogP contribution in [-0.4, -0.2) is 47.4 Å². The maximum atomic E-state index is 12.1. The van der Waals surface area contributed by atoms with E-state index in [4.69, 9.17) is 10.8 Å². The Balaban J connectivity index is 3.80. The summed E-state index contributed by atoms with van der Waals surface area (Å²) in [6.45, 7) is -0.929. The Bertz CT molecular complexity index is 211. The van der Waals surface area contributed by atoms with E-state index in [2.05, 4.69) is 12.2 Å². The molecule has 0 saturated heterocycles. The molecule has 0 aliphatic heterocycles. The number of nitrogens with two attached hydrogens (primary N) is 1. The topological polar surface area (TPSA) is 49.5 Å². The molecular weight excluding hydrogens is 241 g/mol. The Morgan fingerprint density at radius 2 is 1.88 bits per heavy atom. The van der Waals surface area contributed by atoms with E-state index in [-0.39, 0.29) is 13.2 Å². The second-order valence-corrected chi connectivity index (χ2v) is 4.06. The van der Waals surface area contributed by atoms with Gasteiger partial charge in [-0.2, -0.15) is 13.2 Å². The molecule has 0 amide bonds. The van der Waals surface area contributed by atoms with Crippen LogP contribution < -0.4 is 5.73 Å². The third-order valence-electron chi connectivity index (χ3n) is 1.97. The van der Waals surface area contributed by atoms with Crippen LogP contribution in [0.5, 0.6) is 0 Å². The van der Waals surface area contributed by atoms with E-state index >= 15 is 0 Å². The van der Waals surface area contributed by atoms with Gasteiger partial charge in [-0.05, 0) is 25.8 Å². The van der Waals surface area contributed by atoms with Gasteiger partial charge in [0.25, 0.3) is 0 Å². The smallest absolute Gasteiger partial charge is 0.395 e. The van der Waals surface area contributed by atoms with Gasteiger partial charge in [-0.1, -0.05) is 12.2 Å². The van der Waals surface area contributed by atoms with E-state index in [0.29, 0.717) is 30.8 Å². The fourth-order valence-corrected chi connectivity index (χ4v) is 1.44. The molecule has 0 fully saturated rings. The van der Waals surface area contributed by atoms with Crippen molar-refractivity contribution < 1.29 is 18.3 Å². The molecule has 0 bridgehead atoms. The number of unbranched alkanes of at least 4 members (excludes halogenated alkanes) is 1. The maximum absolute atomic E-state index is 12.1. The summed E-state index contributed by atoms with van der Waals surface area (Å²) in [5.41, 5.74) is 5.27. The molecule has 0 saturated carbocycles. The van der Waals surface area contributed by atoms with Crippen molar-refractivity contribution in [3.8, 4) is 0 Å². The number of hydrogen-bond acceptors (Lipinski definition) is 3. The molecule has 0 spiro atoms. The molecule has 96 valence electrons. The molecule has 3 N–H and O–H groups in total. The zero-order valence-corrected chi connectivity index (χ0v) is 9.78. The van der Waals surface area contributed by atoms with E-state index in [0.717, 1.165) is 0 Å². The van der Waals surface area contributed by atoms with Crippen molar-refractivity contribution >= 4 is 17.2 Å². The van der Waals surface area contributed by atoms with Gasteiger partial charge in [0.2, 0.25) is 0 Å². The lowest BCUT2D eigenvalue weighted by Gasteiger charge is -2.22. The highest BCUT2D eigenvalue weighted by Crippen LogP contribution is 2.16. The molecule has 7 heteroatoms. The first-order valence-electron chi connectivity index (χ1n) is 5.03. The van der Waals surface area contributed by atoms with Gasteiger partial charge in [-0.25, -0.2) is 0 Å². The number of aliphatic hydroxyl groups is 1. The Morgan fingerprint density at radius 1 is 1.25 bits per heavy atom. The van der Waals surface area contributed by atoms with Crippen molar-refractivity contribution in [3.05, 3.63) is 0 Å². The minimum absolute atomic E-state index is 0.0343. The molecule has 0 aliphatic rings. The van der Waals surface area contributed by atoms with Gasteiger partial charge >= 0.3 is 6.18 Å². The minimum Gasteiger partial charge on any atom is -0.395 e. The first-order valence-corrected chi connectivity index (χ1v) is 5.44. The molecule has 0 atom stereocenters. The summed E-state index contributed by atoms with van der Waals surface area (Å²) in [7, 11) is 0. The van der Waals surface area contributed by atoms with Crippen LogP contribution in [0, 0.1) is 0 Å². The van der Waals surface area contributed by atoms with Gasteiger partial charge in [0.15, 0.2) is 0 Å². The zero-order chi connectivity index (χ0) is 12.6. The number of rotatable bonds is 8. The van der Waals surface area contributed by atoms with Crippen molar-refractivity contribution in [2.24, 2.45) is 5.73 Å². The van der Waals surface area contributed by atoms with Crippen LogP contribution in [0.2, 0.25) is 0 Å². The van der Waals surface area contributed by atoms with Gasteiger partial charge < -0.3 is 10.8 Å². The van der Waals surface area contributed by atoms with Crippen molar-refractivity contribution in [2.75, 3.05) is 26.2 Å². The standard InChI is InChI=1S/C9H17F3N2OS/c10-9(11,12)7-14(5-6-15)4-2-1-3-8(13)16/h15H,1-7H2,(H2,13,16). The summed E-state index contributed by atoms with van der Waals surface area (Å²) in [5.74, 6) is 0. The predicted molar refractivity (Wildman–Crippen MR) is 60.2 cm³/mol. The van der Waals surface area contributed by atoms with E-state index in [1.807, 2.05) is 0 Å². The van der Waals surface area contributed by atoms with Crippen molar-refractivity contribution in [3.63, 3.8) is 0 Å². The number of halogens is 3. The second-order valence-electron chi connectivity index (χ2n) is 3.54. The molecule has 0 aromatic rings. The number of thiocarbonyl (C=S) groups is 1. The molecule has 0 aliphatic carbocycles. The summed E-state index contributed by atoms with van der Waals surface area (Å²) < 4.78 is 36.3. The summed E-state index contributed by atoms with van der Waals surface area (Å²) in [6, 6.07) is 0. The van der Waals surface area contributed by atoms with Gasteiger partial charge in [-0.3, -0.25) is 4.90 Å². The predicted octanol–water partition coefficient (Wildman–Crippen LogP) is 1.30. The Kier molecular flexibility index (Phi) is 7.61. The lowest BCUT2D eigenvalue weighted by atomic mass is 10.2. The van der Waals surface area contributed by atoms with Crippen molar-refractivity contribution in [1.82, 2.24) is 4.90 Å². The lowest BCUT2D eigenvalue weighted by Crippen LogP contribution is -2.36. The first kappa shape index (κ1) is 15.6. The van der Waals surface area contributed by atoms with Crippen molar-refractivity contribution in [2.45, 2.75) is 25.4 Å². The highest BCUT2D eigenvalue weighted by molar-refractivity contribution is 7.80. The second kappa shape index (κ2) is 7.81. The molecule has 0 unspecified atom stereocenters. The summed E-state index contributed by atoms with van der Waals surface area (Å²) in [4.78, 5) is 1.56. The van der Waals surface area contributed by atoms with E-state index < -0.39 is 12.7 Å². The van der Waals surface area contributed by atoms with Crippen LogP contribution in [-0.2, 0) is 0 Å². The molecule has 0 radical (unpaired) electrons. The first-order chi connectivity index (χ1) is 7.35. The largest absolute Gasteiger partial charge is 0.401 e. The van der Waals surface area contributed by atoms with Crippen LogP contribution in [0.1, 0.15) is 19.3 Å². The summed E-state index contributed by atoms with van der Waals surface area (Å²) in [5, 5.41) is 8.63. The molecule has 0 rings (SSSR count). The SMILES string of the molecule is NC(=S)CCCCN(CCO)CC(F)(F)F. The average Bonchev–Trinajstić information content (AvgIpc) is 2.09. The Hall–Kier alpha value is -0.400. The number of hydrogen-bond donors (Lipinski definition) is 2. The Labute approximate surface area is 98.4 Å². The third kappa shape index (κ3) is 10.1. The highest BCUT2D eigenvalue weighted by atomic mass is 32.1. The quantitative estimate of drug-likeness (QED) is 0.509. The van der Waals surface area contributed by atoms with E-state index in [1.165, 1.54) is 4.90 Å². The number of alkyl halides is 3. The molecule has 3 nitrogen and oxygen atoms in total. The fourth-order valence-electron chi connectivity index (χ4n) is 1.30. The van der Waals surface area contributed by atoms with Crippen LogP contribution in [0.15, 0.2) is 0 Å². The van der Waals surface area contributed by atoms with E-state index in [1.54, 1.807) is 0 Å². The van der Waals surface area contributed by atoms with Crippen LogP contribution in [0.4, 0.5) is 13.2 Å². The zero-order valence-electron chi connectivity index (χ0n) is 8.96. The summed E-state index contributed by atoms with van der Waals surface area (Å²) >= 11 is 4.66. The van der Waals surface area contributed by atoms with Gasteiger partial charge in [0, 0.05) is 6.54 Å². The minimum atomic E-state index is -4.22. The highest BCUT2D eigenvalue weighted by Gasteiger charge is 2.30. The fraction of sp³-hybridized carbons (Fsp3) is 0.889. The average molecular weight is 258 g/mol. The number of aliphatic hydroxyl groups excluding tert-OH is 1. The normalized spacial score (nSPS) is 12.1. The molecule has 0 heterocycles. The molecule has 16 heavy (non-hydrogen) atoms. The maximum Gasteiger partial charge on any atom is 0.401 e. The van der Waals surface area contributed by atoms with Gasteiger partial charge in [-0.15, -0.1) is 0 Å². The lowest BCUT2D eigenvalue weighted by molar-refractivity contribution is -0.146. The van der Waals surface area contributed by atoms with Gasteiger partial charge in [0.1, 0.15) is 0 Å². The molecule has 0 aromatic heterocycles.